The fraction of sp³-hybridized carbons (Fsp3) is 0.211. The predicted octanol–water partition coefficient (Wildman–Crippen LogP) is 5.83. The zero-order valence-corrected chi connectivity index (χ0v) is 14.0. The summed E-state index contributed by atoms with van der Waals surface area (Å²) in [5.41, 5.74) is 3.65. The number of fused-ring (bicyclic) bond motifs is 1. The first-order valence-electron chi connectivity index (χ1n) is 7.44. The number of hydrogen-bond donors (Lipinski definition) is 0. The highest BCUT2D eigenvalue weighted by atomic mass is 35.5. The lowest BCUT2D eigenvalue weighted by molar-refractivity contribution is 0.415. The van der Waals surface area contributed by atoms with Gasteiger partial charge in [-0.2, -0.15) is 0 Å². The highest BCUT2D eigenvalue weighted by Gasteiger charge is 2.18. The van der Waals surface area contributed by atoms with Crippen LogP contribution in [0.1, 0.15) is 25.3 Å². The number of rotatable bonds is 3. The lowest BCUT2D eigenvalue weighted by Crippen LogP contribution is -1.99. The molecule has 0 fully saturated rings. The van der Waals surface area contributed by atoms with E-state index in [1.165, 1.54) is 12.1 Å². The third-order valence-corrected chi connectivity index (χ3v) is 4.18. The van der Waals surface area contributed by atoms with Crippen LogP contribution in [0.2, 0.25) is 5.15 Å². The third kappa shape index (κ3) is 2.89. The molecule has 0 aliphatic carbocycles. The number of methoxy groups -OCH3 is 1. The first kappa shape index (κ1) is 15.8. The molecule has 3 aromatic rings. The van der Waals surface area contributed by atoms with Gasteiger partial charge in [-0.1, -0.05) is 37.6 Å². The van der Waals surface area contributed by atoms with Crippen molar-refractivity contribution >= 4 is 22.5 Å². The van der Waals surface area contributed by atoms with Gasteiger partial charge in [0.25, 0.3) is 0 Å². The maximum absolute atomic E-state index is 13.3. The molecular formula is C19H17ClFNO. The van der Waals surface area contributed by atoms with Crippen LogP contribution in [0, 0.1) is 5.82 Å². The summed E-state index contributed by atoms with van der Waals surface area (Å²) in [7, 11) is 1.62. The summed E-state index contributed by atoms with van der Waals surface area (Å²) in [6.45, 7) is 4.15. The average Bonchev–Trinajstić information content (AvgIpc) is 2.53. The molecule has 4 heteroatoms. The van der Waals surface area contributed by atoms with Crippen molar-refractivity contribution in [2.75, 3.05) is 7.11 Å². The van der Waals surface area contributed by atoms with Gasteiger partial charge in [0.05, 0.1) is 12.6 Å². The van der Waals surface area contributed by atoms with Gasteiger partial charge in [-0.15, -0.1) is 0 Å². The van der Waals surface area contributed by atoms with E-state index >= 15 is 0 Å². The van der Waals surface area contributed by atoms with Crippen LogP contribution in [0.25, 0.3) is 22.0 Å². The van der Waals surface area contributed by atoms with Crippen LogP contribution in [0.15, 0.2) is 42.5 Å². The Bertz CT molecular complexity index is 859. The first-order chi connectivity index (χ1) is 11.0. The molecule has 0 amide bonds. The highest BCUT2D eigenvalue weighted by Crippen LogP contribution is 2.39. The molecule has 3 rings (SSSR count). The summed E-state index contributed by atoms with van der Waals surface area (Å²) in [4.78, 5) is 4.52. The Morgan fingerprint density at radius 2 is 1.78 bits per heavy atom. The molecule has 0 atom stereocenters. The van der Waals surface area contributed by atoms with Crippen LogP contribution in [-0.4, -0.2) is 12.1 Å². The number of aromatic nitrogens is 1. The van der Waals surface area contributed by atoms with Gasteiger partial charge in [-0.05, 0) is 41.3 Å². The summed E-state index contributed by atoms with van der Waals surface area (Å²) < 4.78 is 18.6. The molecule has 0 radical (unpaired) electrons. The van der Waals surface area contributed by atoms with E-state index in [4.69, 9.17) is 16.3 Å². The second-order valence-corrected chi connectivity index (χ2v) is 6.09. The molecule has 2 aromatic carbocycles. The molecule has 23 heavy (non-hydrogen) atoms. The second-order valence-electron chi connectivity index (χ2n) is 5.74. The predicted molar refractivity (Wildman–Crippen MR) is 92.8 cm³/mol. The van der Waals surface area contributed by atoms with Gasteiger partial charge in [-0.25, -0.2) is 9.37 Å². The number of benzene rings is 2. The normalized spacial score (nSPS) is 11.2. The van der Waals surface area contributed by atoms with E-state index in [-0.39, 0.29) is 11.7 Å². The van der Waals surface area contributed by atoms with Crippen LogP contribution in [0.3, 0.4) is 0 Å². The van der Waals surface area contributed by atoms with Crippen molar-refractivity contribution in [2.24, 2.45) is 0 Å². The Morgan fingerprint density at radius 3 is 2.39 bits per heavy atom. The molecule has 1 aromatic heterocycles. The molecule has 0 spiro atoms. The zero-order chi connectivity index (χ0) is 16.6. The van der Waals surface area contributed by atoms with Crippen LogP contribution in [0.5, 0.6) is 5.75 Å². The van der Waals surface area contributed by atoms with Gasteiger partial charge < -0.3 is 4.74 Å². The largest absolute Gasteiger partial charge is 0.497 e. The minimum atomic E-state index is -0.258. The van der Waals surface area contributed by atoms with Crippen LogP contribution < -0.4 is 4.74 Å². The fourth-order valence-electron chi connectivity index (χ4n) is 2.81. The van der Waals surface area contributed by atoms with E-state index in [9.17, 15) is 4.39 Å². The Balaban J connectivity index is 2.39. The highest BCUT2D eigenvalue weighted by molar-refractivity contribution is 6.31. The Morgan fingerprint density at radius 1 is 1.09 bits per heavy atom. The fourth-order valence-corrected chi connectivity index (χ4v) is 3.21. The van der Waals surface area contributed by atoms with Crippen molar-refractivity contribution < 1.29 is 9.13 Å². The van der Waals surface area contributed by atoms with E-state index < -0.39 is 0 Å². The number of pyridine rings is 1. The summed E-state index contributed by atoms with van der Waals surface area (Å²) >= 11 is 6.45. The smallest absolute Gasteiger partial charge is 0.133 e. The van der Waals surface area contributed by atoms with Gasteiger partial charge in [0.2, 0.25) is 0 Å². The quantitative estimate of drug-likeness (QED) is 0.564. The lowest BCUT2D eigenvalue weighted by atomic mass is 9.91. The van der Waals surface area contributed by atoms with Crippen LogP contribution >= 0.6 is 11.6 Å². The Kier molecular flexibility index (Phi) is 4.22. The number of nitrogens with zero attached hydrogens (tertiary/aromatic N) is 1. The molecule has 2 nitrogen and oxygen atoms in total. The lowest BCUT2D eigenvalue weighted by Gasteiger charge is -2.18. The van der Waals surface area contributed by atoms with Crippen LogP contribution in [0.4, 0.5) is 4.39 Å². The summed E-state index contributed by atoms with van der Waals surface area (Å²) in [5, 5.41) is 1.45. The van der Waals surface area contributed by atoms with E-state index in [2.05, 4.69) is 18.8 Å². The van der Waals surface area contributed by atoms with Gasteiger partial charge >= 0.3 is 0 Å². The molecule has 1 heterocycles. The van der Waals surface area contributed by atoms with Gasteiger partial charge in [-0.3, -0.25) is 0 Å². The molecule has 118 valence electrons. The molecule has 0 unspecified atom stereocenters. The van der Waals surface area contributed by atoms with Gasteiger partial charge in [0.1, 0.15) is 16.7 Å². The summed E-state index contributed by atoms with van der Waals surface area (Å²) in [6.07, 6.45) is 0. The van der Waals surface area contributed by atoms with Crippen molar-refractivity contribution in [3.8, 4) is 16.9 Å². The molecule has 0 aliphatic heterocycles. The molecular weight excluding hydrogens is 313 g/mol. The molecule has 0 saturated carbocycles. The maximum Gasteiger partial charge on any atom is 0.133 e. The van der Waals surface area contributed by atoms with Crippen molar-refractivity contribution in [3.05, 3.63) is 59.0 Å². The number of ether oxygens (including phenoxy) is 1. The maximum atomic E-state index is 13.3. The van der Waals surface area contributed by atoms with Crippen molar-refractivity contribution in [1.82, 2.24) is 4.98 Å². The molecule has 0 bridgehead atoms. The zero-order valence-electron chi connectivity index (χ0n) is 13.2. The van der Waals surface area contributed by atoms with E-state index in [0.29, 0.717) is 5.15 Å². The first-order valence-corrected chi connectivity index (χ1v) is 7.82. The second kappa shape index (κ2) is 6.17. The molecule has 0 N–H and O–H groups in total. The summed E-state index contributed by atoms with van der Waals surface area (Å²) in [6, 6.07) is 12.2. The third-order valence-electron chi connectivity index (χ3n) is 3.89. The van der Waals surface area contributed by atoms with Gasteiger partial charge in [0, 0.05) is 17.0 Å². The van der Waals surface area contributed by atoms with E-state index in [0.717, 1.165) is 33.3 Å². The van der Waals surface area contributed by atoms with Gasteiger partial charge in [0.15, 0.2) is 0 Å². The molecule has 0 saturated heterocycles. The van der Waals surface area contributed by atoms with Crippen molar-refractivity contribution in [2.45, 2.75) is 19.8 Å². The van der Waals surface area contributed by atoms with Crippen molar-refractivity contribution in [1.29, 1.82) is 0 Å². The average molecular weight is 330 g/mol. The summed E-state index contributed by atoms with van der Waals surface area (Å²) in [5.74, 6) is 0.663. The number of halogens is 2. The number of hydrogen-bond acceptors (Lipinski definition) is 2. The SMILES string of the molecule is COc1ccc2c(-c3ccc(F)cc3)c(C(C)C)c(Cl)nc2c1. The minimum Gasteiger partial charge on any atom is -0.497 e. The Hall–Kier alpha value is -2.13. The standard InChI is InChI=1S/C19H17ClFNO/c1-11(2)17-18(12-4-6-13(21)7-5-12)15-9-8-14(23-3)10-16(15)22-19(17)20/h4-11H,1-3H3. The monoisotopic (exact) mass is 329 g/mol. The molecule has 0 aliphatic rings. The van der Waals surface area contributed by atoms with E-state index in [1.807, 2.05) is 18.2 Å². The topological polar surface area (TPSA) is 22.1 Å². The Labute approximate surface area is 139 Å². The van der Waals surface area contributed by atoms with E-state index in [1.54, 1.807) is 19.2 Å². The van der Waals surface area contributed by atoms with Crippen molar-refractivity contribution in [3.63, 3.8) is 0 Å². The van der Waals surface area contributed by atoms with Crippen LogP contribution in [-0.2, 0) is 0 Å². The minimum absolute atomic E-state index is 0.196.